The van der Waals surface area contributed by atoms with Crippen LogP contribution in [0.1, 0.15) is 24.8 Å². The molecule has 0 bridgehead atoms. The summed E-state index contributed by atoms with van der Waals surface area (Å²) in [4.78, 5) is 13.3. The number of hydrogen-bond acceptors (Lipinski definition) is 3. The zero-order valence-corrected chi connectivity index (χ0v) is 13.9. The molecule has 1 aliphatic rings. The van der Waals surface area contributed by atoms with Gasteiger partial charge in [-0.05, 0) is 37.9 Å². The van der Waals surface area contributed by atoms with Crippen molar-refractivity contribution in [3.63, 3.8) is 0 Å². The van der Waals surface area contributed by atoms with Gasteiger partial charge in [0.25, 0.3) is 0 Å². The zero-order chi connectivity index (χ0) is 17.7. The first-order valence-corrected chi connectivity index (χ1v) is 7.99. The number of para-hydroxylation sites is 1. The molecule has 2 rings (SSSR count). The lowest BCUT2D eigenvalue weighted by Gasteiger charge is -2.38. The topological polar surface area (TPSA) is 41.6 Å². The van der Waals surface area contributed by atoms with Gasteiger partial charge in [-0.3, -0.25) is 9.69 Å². The molecule has 1 aliphatic heterocycles. The molecule has 1 aromatic carbocycles. The number of halogens is 3. The average Bonchev–Trinajstić information content (AvgIpc) is 2.52. The summed E-state index contributed by atoms with van der Waals surface area (Å²) < 4.78 is 43.7. The van der Waals surface area contributed by atoms with E-state index in [1.807, 2.05) is 24.3 Å². The summed E-state index contributed by atoms with van der Waals surface area (Å²) in [6.45, 7) is 0.213. The van der Waals surface area contributed by atoms with Gasteiger partial charge < -0.3 is 10.1 Å². The van der Waals surface area contributed by atoms with E-state index in [4.69, 9.17) is 4.74 Å². The fourth-order valence-corrected chi connectivity index (χ4v) is 3.13. The minimum Gasteiger partial charge on any atom is -0.496 e. The number of benzene rings is 1. The van der Waals surface area contributed by atoms with Crippen LogP contribution in [0.2, 0.25) is 0 Å². The summed E-state index contributed by atoms with van der Waals surface area (Å²) in [6.07, 6.45) is -3.05. The van der Waals surface area contributed by atoms with E-state index in [0.29, 0.717) is 12.8 Å². The molecule has 1 heterocycles. The number of hydrogen-bond donors (Lipinski definition) is 1. The maximum Gasteiger partial charge on any atom is 0.404 e. The molecule has 0 aromatic heterocycles. The molecule has 1 saturated heterocycles. The highest BCUT2D eigenvalue weighted by Crippen LogP contribution is 2.30. The predicted octanol–water partition coefficient (Wildman–Crippen LogP) is 2.77. The van der Waals surface area contributed by atoms with E-state index >= 15 is 0 Å². The van der Waals surface area contributed by atoms with Gasteiger partial charge in [0.05, 0.1) is 7.11 Å². The van der Waals surface area contributed by atoms with Crippen LogP contribution in [0.4, 0.5) is 13.2 Å². The summed E-state index contributed by atoms with van der Waals surface area (Å²) in [5, 5.41) is 2.84. The van der Waals surface area contributed by atoms with E-state index < -0.39 is 12.2 Å². The van der Waals surface area contributed by atoms with Crippen molar-refractivity contribution < 1.29 is 22.7 Å². The van der Waals surface area contributed by atoms with Gasteiger partial charge >= 0.3 is 6.18 Å². The number of ether oxygens (including phenoxy) is 1. The van der Waals surface area contributed by atoms with Crippen LogP contribution in [0.5, 0.6) is 5.75 Å². The molecule has 0 aliphatic carbocycles. The third-order valence-electron chi connectivity index (χ3n) is 4.39. The van der Waals surface area contributed by atoms with E-state index in [1.54, 1.807) is 7.11 Å². The van der Waals surface area contributed by atoms with Crippen molar-refractivity contribution in [2.75, 3.05) is 20.7 Å². The molecule has 4 nitrogen and oxygen atoms in total. The predicted molar refractivity (Wildman–Crippen MR) is 85.0 cm³/mol. The third kappa shape index (κ3) is 4.87. The molecule has 0 saturated carbocycles. The van der Waals surface area contributed by atoms with Gasteiger partial charge in [0, 0.05) is 19.0 Å². The first-order valence-electron chi connectivity index (χ1n) is 7.99. The van der Waals surface area contributed by atoms with Gasteiger partial charge in [-0.1, -0.05) is 18.2 Å². The van der Waals surface area contributed by atoms with Gasteiger partial charge in [-0.15, -0.1) is 0 Å². The minimum absolute atomic E-state index is 0.0114. The van der Waals surface area contributed by atoms with E-state index in [-0.39, 0.29) is 31.3 Å². The molecule has 134 valence electrons. The number of methoxy groups -OCH3 is 1. The lowest BCUT2D eigenvalue weighted by atomic mass is 9.98. The van der Waals surface area contributed by atoms with Crippen LogP contribution in [0.15, 0.2) is 24.3 Å². The number of carbonyl (C=O) groups is 1. The second-order valence-electron chi connectivity index (χ2n) is 6.15. The zero-order valence-electron chi connectivity index (χ0n) is 13.9. The largest absolute Gasteiger partial charge is 0.496 e. The lowest BCUT2D eigenvalue weighted by Crippen LogP contribution is -2.54. The Kier molecular flexibility index (Phi) is 6.10. The van der Waals surface area contributed by atoms with Gasteiger partial charge in [0.2, 0.25) is 5.91 Å². The minimum atomic E-state index is -4.21. The molecular formula is C17H23F3N2O2. The van der Waals surface area contributed by atoms with Crippen molar-refractivity contribution in [3.8, 4) is 5.75 Å². The lowest BCUT2D eigenvalue weighted by molar-refractivity contribution is -0.188. The maximum atomic E-state index is 12.8. The summed E-state index contributed by atoms with van der Waals surface area (Å²) >= 11 is 0. The molecule has 1 amide bonds. The number of likely N-dealkylation sites (N-methyl/N-ethyl adjacent to an activating group) is 1. The van der Waals surface area contributed by atoms with E-state index in [0.717, 1.165) is 11.3 Å². The number of carbonyl (C=O) groups excluding carboxylic acids is 1. The standard InChI is InChI=1S/C17H23F3N2O2/c1-22-11-13(8-9-15(22)17(18,19)20)21-16(23)10-7-12-5-3-4-6-14(12)24-2/h3-6,13,15H,7-11H2,1-2H3,(H,21,23)/t13-,15+/m0/s1. The SMILES string of the molecule is COc1ccccc1CCC(=O)N[C@H]1CC[C@H](C(F)(F)F)N(C)C1. The molecule has 0 spiro atoms. The summed E-state index contributed by atoms with van der Waals surface area (Å²) in [7, 11) is 3.03. The van der Waals surface area contributed by atoms with Crippen molar-refractivity contribution in [2.24, 2.45) is 0 Å². The monoisotopic (exact) mass is 344 g/mol. The molecule has 7 heteroatoms. The van der Waals surface area contributed by atoms with Crippen LogP contribution in [0, 0.1) is 0 Å². The number of amides is 1. The average molecular weight is 344 g/mol. The van der Waals surface area contributed by atoms with Gasteiger partial charge in [-0.2, -0.15) is 13.2 Å². The highest BCUT2D eigenvalue weighted by molar-refractivity contribution is 5.76. The first kappa shape index (κ1) is 18.6. The van der Waals surface area contributed by atoms with Crippen LogP contribution in [0.25, 0.3) is 0 Å². The molecule has 0 radical (unpaired) electrons. The second-order valence-corrected chi connectivity index (χ2v) is 6.15. The number of nitrogens with zero attached hydrogens (tertiary/aromatic N) is 1. The van der Waals surface area contributed by atoms with Crippen LogP contribution >= 0.6 is 0 Å². The molecule has 0 unspecified atom stereocenters. The number of aryl methyl sites for hydroxylation is 1. The first-order chi connectivity index (χ1) is 11.3. The Morgan fingerprint density at radius 2 is 2.04 bits per heavy atom. The molecule has 2 atom stereocenters. The smallest absolute Gasteiger partial charge is 0.404 e. The normalized spacial score (nSPS) is 22.2. The molecule has 1 N–H and O–H groups in total. The maximum absolute atomic E-state index is 12.8. The van der Waals surface area contributed by atoms with Crippen molar-refractivity contribution in [3.05, 3.63) is 29.8 Å². The number of piperidine rings is 1. The van der Waals surface area contributed by atoms with Crippen molar-refractivity contribution >= 4 is 5.91 Å². The Morgan fingerprint density at radius 3 is 2.67 bits per heavy atom. The fraction of sp³-hybridized carbons (Fsp3) is 0.588. The van der Waals surface area contributed by atoms with Gasteiger partial charge in [-0.25, -0.2) is 0 Å². The van der Waals surface area contributed by atoms with Crippen LogP contribution in [-0.2, 0) is 11.2 Å². The Labute approximate surface area is 140 Å². The van der Waals surface area contributed by atoms with Crippen LogP contribution in [-0.4, -0.2) is 49.8 Å². The van der Waals surface area contributed by atoms with E-state index in [9.17, 15) is 18.0 Å². The highest BCUT2D eigenvalue weighted by Gasteiger charge is 2.44. The van der Waals surface area contributed by atoms with Gasteiger partial charge in [0.15, 0.2) is 0 Å². The molecular weight excluding hydrogens is 321 g/mol. The van der Waals surface area contributed by atoms with Crippen molar-refractivity contribution in [2.45, 2.75) is 43.9 Å². The third-order valence-corrected chi connectivity index (χ3v) is 4.39. The Bertz CT molecular complexity index is 563. The highest BCUT2D eigenvalue weighted by atomic mass is 19.4. The molecule has 1 aromatic rings. The fourth-order valence-electron chi connectivity index (χ4n) is 3.13. The Hall–Kier alpha value is -1.76. The van der Waals surface area contributed by atoms with Gasteiger partial charge in [0.1, 0.15) is 11.8 Å². The van der Waals surface area contributed by atoms with Crippen molar-refractivity contribution in [1.29, 1.82) is 0 Å². The summed E-state index contributed by atoms with van der Waals surface area (Å²) in [5.74, 6) is 0.584. The summed E-state index contributed by atoms with van der Waals surface area (Å²) in [5.41, 5.74) is 0.938. The van der Waals surface area contributed by atoms with E-state index in [2.05, 4.69) is 5.32 Å². The molecule has 24 heavy (non-hydrogen) atoms. The van der Waals surface area contributed by atoms with E-state index in [1.165, 1.54) is 11.9 Å². The number of likely N-dealkylation sites (tertiary alicyclic amines) is 1. The Balaban J connectivity index is 1.81. The van der Waals surface area contributed by atoms with Crippen LogP contribution < -0.4 is 10.1 Å². The number of alkyl halides is 3. The summed E-state index contributed by atoms with van der Waals surface area (Å²) in [6, 6.07) is 5.81. The number of rotatable bonds is 5. The quantitative estimate of drug-likeness (QED) is 0.893. The Morgan fingerprint density at radius 1 is 1.33 bits per heavy atom. The molecule has 1 fully saturated rings. The number of nitrogens with one attached hydrogen (secondary N) is 1. The van der Waals surface area contributed by atoms with Crippen LogP contribution in [0.3, 0.4) is 0 Å². The second kappa shape index (κ2) is 7.88. The van der Waals surface area contributed by atoms with Crippen molar-refractivity contribution in [1.82, 2.24) is 10.2 Å².